The van der Waals surface area contributed by atoms with E-state index < -0.39 is 0 Å². The van der Waals surface area contributed by atoms with E-state index in [0.29, 0.717) is 12.6 Å². The molecule has 112 valence electrons. The van der Waals surface area contributed by atoms with Crippen LogP contribution in [0.4, 0.5) is 5.95 Å². The number of anilines is 1. The molecule has 1 aliphatic rings. The Bertz CT molecular complexity index is 440. The summed E-state index contributed by atoms with van der Waals surface area (Å²) in [6.07, 6.45) is 8.58. The maximum Gasteiger partial charge on any atom is 0.322 e. The monoisotopic (exact) mass is 316 g/mol. The molecule has 1 heterocycles. The van der Waals surface area contributed by atoms with Crippen LogP contribution in [0.2, 0.25) is 5.28 Å². The van der Waals surface area contributed by atoms with E-state index >= 15 is 0 Å². The molecule has 0 radical (unpaired) electrons. The molecule has 1 N–H and O–H groups in total. The van der Waals surface area contributed by atoms with Crippen LogP contribution in [0.25, 0.3) is 0 Å². The minimum absolute atomic E-state index is 0.160. The van der Waals surface area contributed by atoms with Gasteiger partial charge in [-0.2, -0.15) is 26.7 Å². The molecule has 0 amide bonds. The standard InChI is InChI=1S/C13H21ClN4OS/c1-3-19-12-17-10(14)16-11(18-12)15-9-13(20-2)7-5-4-6-8-13/h3-9H2,1-2H3,(H,15,16,17,18). The third kappa shape index (κ3) is 4.12. The predicted octanol–water partition coefficient (Wildman–Crippen LogP) is 3.40. The van der Waals surface area contributed by atoms with Crippen molar-refractivity contribution in [3.63, 3.8) is 0 Å². The summed E-state index contributed by atoms with van der Waals surface area (Å²) in [4.78, 5) is 12.3. The van der Waals surface area contributed by atoms with Crippen molar-refractivity contribution < 1.29 is 4.74 Å². The van der Waals surface area contributed by atoms with E-state index in [1.807, 2.05) is 18.7 Å². The van der Waals surface area contributed by atoms with Crippen LogP contribution in [0.5, 0.6) is 6.01 Å². The van der Waals surface area contributed by atoms with Gasteiger partial charge in [0.15, 0.2) is 0 Å². The van der Waals surface area contributed by atoms with Gasteiger partial charge >= 0.3 is 6.01 Å². The average Bonchev–Trinajstić information content (AvgIpc) is 2.46. The highest BCUT2D eigenvalue weighted by Gasteiger charge is 2.31. The third-order valence-electron chi connectivity index (χ3n) is 3.63. The maximum absolute atomic E-state index is 5.89. The minimum Gasteiger partial charge on any atom is -0.464 e. The molecule has 0 bridgehead atoms. The van der Waals surface area contributed by atoms with Gasteiger partial charge in [0, 0.05) is 11.3 Å². The molecule has 1 aromatic rings. The number of thioether (sulfide) groups is 1. The average molecular weight is 317 g/mol. The number of ether oxygens (including phenoxy) is 1. The number of halogens is 1. The van der Waals surface area contributed by atoms with E-state index in [9.17, 15) is 0 Å². The van der Waals surface area contributed by atoms with Crippen molar-refractivity contribution in [3.05, 3.63) is 5.28 Å². The number of aromatic nitrogens is 3. The fourth-order valence-electron chi connectivity index (χ4n) is 2.49. The smallest absolute Gasteiger partial charge is 0.322 e. The molecule has 1 aliphatic carbocycles. The Hall–Kier alpha value is -0.750. The Morgan fingerprint density at radius 1 is 1.25 bits per heavy atom. The van der Waals surface area contributed by atoms with Crippen molar-refractivity contribution in [1.29, 1.82) is 0 Å². The normalized spacial score (nSPS) is 17.8. The van der Waals surface area contributed by atoms with Crippen molar-refractivity contribution in [2.75, 3.05) is 24.7 Å². The highest BCUT2D eigenvalue weighted by molar-refractivity contribution is 8.00. The first-order chi connectivity index (χ1) is 9.67. The van der Waals surface area contributed by atoms with Gasteiger partial charge in [0.25, 0.3) is 0 Å². The fraction of sp³-hybridized carbons (Fsp3) is 0.769. The minimum atomic E-state index is 0.160. The van der Waals surface area contributed by atoms with Gasteiger partial charge in [0.1, 0.15) is 0 Å². The lowest BCUT2D eigenvalue weighted by molar-refractivity contribution is 0.312. The van der Waals surface area contributed by atoms with Crippen molar-refractivity contribution >= 4 is 29.3 Å². The second-order valence-electron chi connectivity index (χ2n) is 4.94. The van der Waals surface area contributed by atoms with Crippen molar-refractivity contribution in [3.8, 4) is 6.01 Å². The van der Waals surface area contributed by atoms with Crippen LogP contribution in [0, 0.1) is 0 Å². The molecule has 1 aromatic heterocycles. The predicted molar refractivity (Wildman–Crippen MR) is 83.8 cm³/mol. The third-order valence-corrected chi connectivity index (χ3v) is 5.22. The zero-order chi connectivity index (χ0) is 14.4. The molecule has 0 aliphatic heterocycles. The molecule has 0 atom stereocenters. The van der Waals surface area contributed by atoms with Crippen molar-refractivity contribution in [2.45, 2.75) is 43.8 Å². The highest BCUT2D eigenvalue weighted by atomic mass is 35.5. The number of rotatable bonds is 6. The summed E-state index contributed by atoms with van der Waals surface area (Å²) >= 11 is 7.82. The Kier molecular flexibility index (Phi) is 5.72. The molecule has 20 heavy (non-hydrogen) atoms. The van der Waals surface area contributed by atoms with Gasteiger partial charge in [-0.1, -0.05) is 19.3 Å². The fourth-order valence-corrected chi connectivity index (χ4v) is 3.56. The lowest BCUT2D eigenvalue weighted by atomic mass is 9.88. The molecule has 0 saturated heterocycles. The van der Waals surface area contributed by atoms with E-state index in [-0.39, 0.29) is 16.0 Å². The van der Waals surface area contributed by atoms with Crippen LogP contribution in [0.1, 0.15) is 39.0 Å². The molecule has 0 aromatic carbocycles. The summed E-state index contributed by atoms with van der Waals surface area (Å²) in [5.74, 6) is 0.493. The SMILES string of the molecule is CCOc1nc(Cl)nc(NCC2(SC)CCCCC2)n1. The molecule has 0 unspecified atom stereocenters. The van der Waals surface area contributed by atoms with E-state index in [4.69, 9.17) is 16.3 Å². The Morgan fingerprint density at radius 2 is 2.00 bits per heavy atom. The highest BCUT2D eigenvalue weighted by Crippen LogP contribution is 2.38. The molecule has 5 nitrogen and oxygen atoms in total. The largest absolute Gasteiger partial charge is 0.464 e. The van der Waals surface area contributed by atoms with E-state index in [1.54, 1.807) is 0 Å². The number of hydrogen-bond donors (Lipinski definition) is 1. The van der Waals surface area contributed by atoms with Crippen LogP contribution in [-0.4, -0.2) is 39.1 Å². The van der Waals surface area contributed by atoms with Gasteiger partial charge in [0.05, 0.1) is 6.61 Å². The van der Waals surface area contributed by atoms with Gasteiger partial charge in [0.2, 0.25) is 11.2 Å². The van der Waals surface area contributed by atoms with E-state index in [0.717, 1.165) is 6.54 Å². The first-order valence-corrected chi connectivity index (χ1v) is 8.61. The Morgan fingerprint density at radius 3 is 2.65 bits per heavy atom. The summed E-state index contributed by atoms with van der Waals surface area (Å²) < 4.78 is 5.56. The lowest BCUT2D eigenvalue weighted by Gasteiger charge is -2.35. The van der Waals surface area contributed by atoms with Gasteiger partial charge < -0.3 is 10.1 Å². The molecular formula is C13H21ClN4OS. The molecule has 1 fully saturated rings. The molecular weight excluding hydrogens is 296 g/mol. The van der Waals surface area contributed by atoms with Crippen molar-refractivity contribution in [2.24, 2.45) is 0 Å². The van der Waals surface area contributed by atoms with E-state index in [1.165, 1.54) is 32.1 Å². The lowest BCUT2D eigenvalue weighted by Crippen LogP contribution is -2.36. The van der Waals surface area contributed by atoms with Gasteiger partial charge in [-0.15, -0.1) is 0 Å². The van der Waals surface area contributed by atoms with Gasteiger partial charge in [-0.3, -0.25) is 0 Å². The number of nitrogens with one attached hydrogen (secondary N) is 1. The Balaban J connectivity index is 2.02. The second-order valence-corrected chi connectivity index (χ2v) is 6.56. The summed E-state index contributed by atoms with van der Waals surface area (Å²) in [6, 6.07) is 0.275. The van der Waals surface area contributed by atoms with Gasteiger partial charge in [-0.05, 0) is 37.6 Å². The number of hydrogen-bond acceptors (Lipinski definition) is 6. The zero-order valence-corrected chi connectivity index (χ0v) is 13.6. The Labute approximate surface area is 129 Å². The summed E-state index contributed by atoms with van der Waals surface area (Å²) in [5.41, 5.74) is 0. The number of nitrogens with zero attached hydrogens (tertiary/aromatic N) is 3. The molecule has 7 heteroatoms. The first kappa shape index (κ1) is 15.6. The van der Waals surface area contributed by atoms with Crippen molar-refractivity contribution in [1.82, 2.24) is 15.0 Å². The molecule has 1 saturated carbocycles. The van der Waals surface area contributed by atoms with Crippen LogP contribution in [0.3, 0.4) is 0 Å². The summed E-state index contributed by atoms with van der Waals surface area (Å²) in [5, 5.41) is 3.46. The summed E-state index contributed by atoms with van der Waals surface area (Å²) in [6.45, 7) is 3.24. The quantitative estimate of drug-likeness (QED) is 0.868. The maximum atomic E-state index is 5.89. The van der Waals surface area contributed by atoms with Crippen LogP contribution >= 0.6 is 23.4 Å². The molecule has 0 spiro atoms. The molecule has 2 rings (SSSR count). The van der Waals surface area contributed by atoms with Gasteiger partial charge in [-0.25, -0.2) is 0 Å². The summed E-state index contributed by atoms with van der Waals surface area (Å²) in [7, 11) is 0. The van der Waals surface area contributed by atoms with E-state index in [2.05, 4.69) is 26.5 Å². The topological polar surface area (TPSA) is 59.9 Å². The van der Waals surface area contributed by atoms with Crippen LogP contribution in [-0.2, 0) is 0 Å². The first-order valence-electron chi connectivity index (χ1n) is 7.01. The van der Waals surface area contributed by atoms with Crippen LogP contribution < -0.4 is 10.1 Å². The van der Waals surface area contributed by atoms with Crippen LogP contribution in [0.15, 0.2) is 0 Å². The zero-order valence-electron chi connectivity index (χ0n) is 12.0. The second kappa shape index (κ2) is 7.31.